The van der Waals surface area contributed by atoms with Gasteiger partial charge in [-0.05, 0) is 35.4 Å². The Morgan fingerprint density at radius 1 is 0.684 bits per heavy atom. The summed E-state index contributed by atoms with van der Waals surface area (Å²) in [5.41, 5.74) is 8.33. The minimum Gasteiger partial charge on any atom is -0.399 e. The van der Waals surface area contributed by atoms with Crippen LogP contribution in [0.1, 0.15) is 11.1 Å². The first-order valence-corrected chi connectivity index (χ1v) is 11.2. The molecule has 2 N–H and O–H groups in total. The van der Waals surface area contributed by atoms with E-state index in [1.54, 1.807) is 12.1 Å². The number of nitrogens with zero attached hydrogens (tertiary/aromatic N) is 3. The average Bonchev–Trinajstić information content (AvgIpc) is 2.91. The molecule has 0 spiro atoms. The number of nitrogen functional groups attached to an aromatic ring is 1. The number of nitro benzene ring substituents is 2. The van der Waals surface area contributed by atoms with E-state index in [0.29, 0.717) is 18.5 Å². The third-order valence-corrected chi connectivity index (χ3v) is 4.83. The van der Waals surface area contributed by atoms with Crippen molar-refractivity contribution in [3.05, 3.63) is 141 Å². The molecule has 4 rings (SSSR count). The van der Waals surface area contributed by atoms with Crippen LogP contribution in [0.3, 0.4) is 0 Å². The van der Waals surface area contributed by atoms with Gasteiger partial charge in [0.2, 0.25) is 6.08 Å². The molecule has 0 aliphatic carbocycles. The fourth-order valence-corrected chi connectivity index (χ4v) is 3.00. The van der Waals surface area contributed by atoms with E-state index in [4.69, 9.17) is 5.73 Å². The number of para-hydroxylation sites is 1. The monoisotopic (exact) mass is 512 g/mol. The van der Waals surface area contributed by atoms with E-state index >= 15 is 0 Å². The van der Waals surface area contributed by atoms with Crippen LogP contribution in [-0.2, 0) is 22.4 Å². The minimum atomic E-state index is -0.519. The number of benzene rings is 4. The van der Waals surface area contributed by atoms with Crippen molar-refractivity contribution in [1.82, 2.24) is 0 Å². The van der Waals surface area contributed by atoms with Gasteiger partial charge >= 0.3 is 0 Å². The second-order valence-electron chi connectivity index (χ2n) is 7.69. The second kappa shape index (κ2) is 15.5. The van der Waals surface area contributed by atoms with E-state index in [1.807, 2.05) is 60.7 Å². The van der Waals surface area contributed by atoms with E-state index in [1.165, 1.54) is 42.5 Å². The molecule has 0 aromatic heterocycles. The predicted octanol–water partition coefficient (Wildman–Crippen LogP) is 5.78. The van der Waals surface area contributed by atoms with Crippen molar-refractivity contribution in [3.8, 4) is 0 Å². The van der Waals surface area contributed by atoms with Crippen molar-refractivity contribution in [2.45, 2.75) is 12.8 Å². The number of non-ortho nitro benzene ring substituents is 2. The van der Waals surface area contributed by atoms with Gasteiger partial charge < -0.3 is 5.73 Å². The maximum absolute atomic E-state index is 11.9. The Morgan fingerprint density at radius 2 is 1.11 bits per heavy atom. The smallest absolute Gasteiger partial charge is 0.269 e. The lowest BCUT2D eigenvalue weighted by atomic mass is 10.0. The molecular weight excluding hydrogens is 488 g/mol. The first-order valence-electron chi connectivity index (χ1n) is 11.2. The van der Waals surface area contributed by atoms with Gasteiger partial charge in [0.1, 0.15) is 5.78 Å². The molecule has 0 aliphatic heterocycles. The standard InChI is InChI=1S/C15H13NO3.C7H4N2O3.C6H7N/c17-15(10-12-4-2-1-3-5-12)11-13-6-8-14(9-7-13)16(18)19;10-5-8-6-1-3-7(4-2-6)9(11)12;7-6-4-2-1-3-5-6/h1-9H,10-11H2;1-4H;1-5H,7H2. The normalized spacial score (nSPS) is 9.37. The number of hydrogen-bond acceptors (Lipinski definition) is 8. The molecule has 192 valence electrons. The lowest BCUT2D eigenvalue weighted by Crippen LogP contribution is -2.06. The highest BCUT2D eigenvalue weighted by atomic mass is 16.6. The molecule has 0 saturated carbocycles. The summed E-state index contributed by atoms with van der Waals surface area (Å²) < 4.78 is 0. The van der Waals surface area contributed by atoms with Crippen LogP contribution in [0.2, 0.25) is 0 Å². The molecule has 0 atom stereocenters. The zero-order valence-corrected chi connectivity index (χ0v) is 20.2. The molecule has 10 heteroatoms. The molecule has 4 aromatic carbocycles. The number of anilines is 1. The SMILES string of the molecule is Nc1ccccc1.O=C(Cc1ccccc1)Cc1ccc([N+](=O)[O-])cc1.O=C=Nc1ccc([N+](=O)[O-])cc1. The van der Waals surface area contributed by atoms with Gasteiger partial charge in [0.05, 0.1) is 15.5 Å². The van der Waals surface area contributed by atoms with Gasteiger partial charge in [-0.25, -0.2) is 4.79 Å². The third kappa shape index (κ3) is 10.9. The van der Waals surface area contributed by atoms with Crippen LogP contribution in [0.5, 0.6) is 0 Å². The number of nitro groups is 2. The zero-order chi connectivity index (χ0) is 27.8. The first kappa shape index (κ1) is 28.8. The molecule has 0 aliphatic rings. The molecule has 10 nitrogen and oxygen atoms in total. The van der Waals surface area contributed by atoms with E-state index < -0.39 is 9.85 Å². The first-order chi connectivity index (χ1) is 18.3. The molecular formula is C28H24N4O6. The van der Waals surface area contributed by atoms with Crippen LogP contribution < -0.4 is 5.73 Å². The molecule has 0 fully saturated rings. The third-order valence-electron chi connectivity index (χ3n) is 4.83. The molecule has 0 bridgehead atoms. The molecule has 0 amide bonds. The highest BCUT2D eigenvalue weighted by Crippen LogP contribution is 2.17. The molecule has 0 unspecified atom stereocenters. The molecule has 0 radical (unpaired) electrons. The summed E-state index contributed by atoms with van der Waals surface area (Å²) in [5.74, 6) is 0.0973. The zero-order valence-electron chi connectivity index (χ0n) is 20.2. The fraction of sp³-hybridized carbons (Fsp3) is 0.0714. The number of isocyanates is 1. The number of rotatable bonds is 7. The Bertz CT molecular complexity index is 1350. The molecule has 0 saturated heterocycles. The van der Waals surface area contributed by atoms with Crippen LogP contribution in [-0.4, -0.2) is 21.7 Å². The van der Waals surface area contributed by atoms with Crippen molar-refractivity contribution in [3.63, 3.8) is 0 Å². The minimum absolute atomic E-state index is 0.0279. The molecule has 0 heterocycles. The van der Waals surface area contributed by atoms with Gasteiger partial charge in [0.15, 0.2) is 0 Å². The largest absolute Gasteiger partial charge is 0.399 e. The average molecular weight is 513 g/mol. The van der Waals surface area contributed by atoms with Gasteiger partial charge in [0.25, 0.3) is 11.4 Å². The summed E-state index contributed by atoms with van der Waals surface area (Å²) in [6.45, 7) is 0. The predicted molar refractivity (Wildman–Crippen MR) is 144 cm³/mol. The highest BCUT2D eigenvalue weighted by molar-refractivity contribution is 5.83. The Balaban J connectivity index is 0.000000226. The van der Waals surface area contributed by atoms with Gasteiger partial charge in [-0.2, -0.15) is 4.99 Å². The van der Waals surface area contributed by atoms with E-state index in [9.17, 15) is 29.8 Å². The Kier molecular flexibility index (Phi) is 11.7. The number of aliphatic imine (C=N–C) groups is 1. The van der Waals surface area contributed by atoms with Crippen molar-refractivity contribution in [1.29, 1.82) is 0 Å². The van der Waals surface area contributed by atoms with Crippen molar-refractivity contribution in [2.24, 2.45) is 4.99 Å². The maximum atomic E-state index is 11.9. The maximum Gasteiger partial charge on any atom is 0.269 e. The Hall–Kier alpha value is -5.47. The number of nitrogens with two attached hydrogens (primary N) is 1. The van der Waals surface area contributed by atoms with Crippen LogP contribution in [0.4, 0.5) is 22.7 Å². The van der Waals surface area contributed by atoms with Crippen LogP contribution >= 0.6 is 0 Å². The number of hydrogen-bond donors (Lipinski definition) is 1. The van der Waals surface area contributed by atoms with E-state index in [0.717, 1.165) is 16.8 Å². The molecule has 4 aromatic rings. The summed E-state index contributed by atoms with van der Waals surface area (Å²) in [6, 6.07) is 30.4. The summed E-state index contributed by atoms with van der Waals surface area (Å²) in [6.07, 6.45) is 2.02. The van der Waals surface area contributed by atoms with Gasteiger partial charge in [-0.3, -0.25) is 25.0 Å². The van der Waals surface area contributed by atoms with Crippen LogP contribution in [0, 0.1) is 20.2 Å². The Morgan fingerprint density at radius 3 is 1.50 bits per heavy atom. The van der Waals surface area contributed by atoms with E-state index in [-0.39, 0.29) is 17.2 Å². The van der Waals surface area contributed by atoms with Crippen molar-refractivity contribution < 1.29 is 19.4 Å². The second-order valence-corrected chi connectivity index (χ2v) is 7.69. The fourth-order valence-electron chi connectivity index (χ4n) is 3.00. The van der Waals surface area contributed by atoms with E-state index in [2.05, 4.69) is 4.99 Å². The summed E-state index contributed by atoms with van der Waals surface area (Å²) in [4.78, 5) is 44.6. The number of ketones is 1. The van der Waals surface area contributed by atoms with Crippen LogP contribution in [0.15, 0.2) is 114 Å². The topological polar surface area (TPSA) is 159 Å². The van der Waals surface area contributed by atoms with Gasteiger partial charge in [0, 0.05) is 42.8 Å². The highest BCUT2D eigenvalue weighted by Gasteiger charge is 2.08. The van der Waals surface area contributed by atoms with Gasteiger partial charge in [-0.1, -0.05) is 60.7 Å². The quantitative estimate of drug-likeness (QED) is 0.108. The number of carbonyl (C=O) groups excluding carboxylic acids is 2. The van der Waals surface area contributed by atoms with Gasteiger partial charge in [-0.15, -0.1) is 0 Å². The lowest BCUT2D eigenvalue weighted by molar-refractivity contribution is -0.385. The summed E-state index contributed by atoms with van der Waals surface area (Å²) in [7, 11) is 0. The number of carbonyl (C=O) groups is 1. The Labute approximate surface area is 218 Å². The van der Waals surface area contributed by atoms with Crippen molar-refractivity contribution in [2.75, 3.05) is 5.73 Å². The van der Waals surface area contributed by atoms with Crippen molar-refractivity contribution >= 4 is 34.6 Å². The van der Waals surface area contributed by atoms with Crippen LogP contribution in [0.25, 0.3) is 0 Å². The lowest BCUT2D eigenvalue weighted by Gasteiger charge is -2.01. The summed E-state index contributed by atoms with van der Waals surface area (Å²) >= 11 is 0. The summed E-state index contributed by atoms with van der Waals surface area (Å²) in [5, 5.41) is 20.7. The molecule has 38 heavy (non-hydrogen) atoms. The number of Topliss-reactive ketones (excluding diaryl/α,β-unsaturated/α-hetero) is 1.